The van der Waals surface area contributed by atoms with Gasteiger partial charge in [-0.05, 0) is 83.4 Å². The van der Waals surface area contributed by atoms with E-state index in [2.05, 4.69) is 63.7 Å². The molecule has 50 heavy (non-hydrogen) atoms. The Hall–Kier alpha value is -3.65. The molecule has 0 unspecified atom stereocenters. The van der Waals surface area contributed by atoms with Crippen molar-refractivity contribution in [2.45, 2.75) is 131 Å². The molecule has 2 amide bonds. The van der Waals surface area contributed by atoms with Crippen LogP contribution in [-0.4, -0.2) is 44.0 Å². The number of hydrogen-bond donors (Lipinski definition) is 4. The number of carbonyl (C=O) groups is 3. The first-order valence-corrected chi connectivity index (χ1v) is 18.2. The molecule has 0 aliphatic heterocycles. The van der Waals surface area contributed by atoms with Gasteiger partial charge in [-0.1, -0.05) is 81.4 Å². The Morgan fingerprint density at radius 3 is 1.56 bits per heavy atom. The van der Waals surface area contributed by atoms with E-state index in [9.17, 15) is 31.2 Å². The summed E-state index contributed by atoms with van der Waals surface area (Å²) in [6, 6.07) is 7.75. The lowest BCUT2D eigenvalue weighted by Gasteiger charge is -2.23. The third-order valence-electron chi connectivity index (χ3n) is 7.80. The zero-order valence-corrected chi connectivity index (χ0v) is 31.6. The van der Waals surface area contributed by atoms with Gasteiger partial charge in [-0.25, -0.2) is 9.52 Å². The minimum atomic E-state index is -5.08. The molecule has 2 rings (SSSR count). The third-order valence-corrected chi connectivity index (χ3v) is 8.66. The molecule has 282 valence electrons. The highest BCUT2D eigenvalue weighted by molar-refractivity contribution is 7.85. The summed E-state index contributed by atoms with van der Waals surface area (Å²) in [4.78, 5) is 34.7. The van der Waals surface area contributed by atoms with Gasteiger partial charge in [0.15, 0.2) is 5.75 Å². The van der Waals surface area contributed by atoms with E-state index in [0.717, 1.165) is 23.1 Å². The number of carboxylic acid groups (broad SMARTS) is 1. The van der Waals surface area contributed by atoms with Crippen molar-refractivity contribution in [3.63, 3.8) is 0 Å². The molecule has 0 saturated carbocycles. The van der Waals surface area contributed by atoms with Gasteiger partial charge < -0.3 is 20.3 Å². The van der Waals surface area contributed by atoms with Crippen LogP contribution in [0.2, 0.25) is 0 Å². The Labute approximate surface area is 295 Å². The molecule has 0 aliphatic carbocycles. The summed E-state index contributed by atoms with van der Waals surface area (Å²) in [6.07, 6.45) is -3.36. The quantitative estimate of drug-likeness (QED) is 0.134. The molecule has 0 heterocycles. The molecule has 5 N–H and O–H groups in total. The SMILES string of the molecule is CC(C)c1cc(C(C)C)c(CC(=O)NS(=O)(=O)Oc2c(C(C)C)cc(NC(=O)CCCCN)cc2C(C)C)c(C(C)C)c1.O=C(O)C(F)(F)F. The van der Waals surface area contributed by atoms with E-state index in [0.29, 0.717) is 42.1 Å². The van der Waals surface area contributed by atoms with Gasteiger partial charge in [0.25, 0.3) is 0 Å². The summed E-state index contributed by atoms with van der Waals surface area (Å²) >= 11 is 0. The van der Waals surface area contributed by atoms with Crippen molar-refractivity contribution in [2.75, 3.05) is 11.9 Å². The van der Waals surface area contributed by atoms with Gasteiger partial charge >= 0.3 is 22.4 Å². The van der Waals surface area contributed by atoms with Gasteiger partial charge in [0.2, 0.25) is 11.8 Å². The van der Waals surface area contributed by atoms with Gasteiger partial charge in [-0.2, -0.15) is 21.6 Å². The summed E-state index contributed by atoms with van der Waals surface area (Å²) in [5, 5.41) is 10.1. The maximum Gasteiger partial charge on any atom is 0.490 e. The fourth-order valence-corrected chi connectivity index (χ4v) is 5.93. The van der Waals surface area contributed by atoms with Crippen molar-refractivity contribution in [3.8, 4) is 5.75 Å². The molecule has 0 atom stereocenters. The second-order valence-electron chi connectivity index (χ2n) is 13.8. The van der Waals surface area contributed by atoms with E-state index < -0.39 is 28.4 Å². The van der Waals surface area contributed by atoms with E-state index in [1.165, 1.54) is 5.56 Å². The maximum absolute atomic E-state index is 13.3. The first kappa shape index (κ1) is 44.4. The highest BCUT2D eigenvalue weighted by atomic mass is 32.2. The molecular weight excluding hydrogens is 675 g/mol. The number of unbranched alkanes of at least 4 members (excludes halogenated alkanes) is 1. The molecule has 14 heteroatoms. The standard InChI is InChI=1S/C34H53N3O5S.C2HF3O2/c1-20(2)25-15-27(21(3)4)31(28(16-25)22(5)6)19-33(39)37-43(40,41)42-34-29(23(7)8)17-26(18-30(34)24(9)10)36-32(38)13-11-12-14-35;3-2(4,5)1(6)7/h15-18,20-24H,11-14,19,35H2,1-10H3,(H,36,38)(H,37,39);(H,6,7). The number of nitrogens with one attached hydrogen (secondary N) is 2. The zero-order valence-electron chi connectivity index (χ0n) is 30.7. The summed E-state index contributed by atoms with van der Waals surface area (Å²) in [6.45, 7) is 20.8. The van der Waals surface area contributed by atoms with Gasteiger partial charge in [0.1, 0.15) is 0 Å². The number of aliphatic carboxylic acids is 1. The summed E-state index contributed by atoms with van der Waals surface area (Å²) in [5.41, 5.74) is 11.5. The number of alkyl halides is 3. The number of nitrogens with two attached hydrogens (primary N) is 1. The molecule has 0 saturated heterocycles. The maximum atomic E-state index is 13.3. The molecular formula is C36H54F3N3O7S. The second-order valence-corrected chi connectivity index (χ2v) is 15.1. The Kier molecular flexibility index (Phi) is 16.9. The van der Waals surface area contributed by atoms with Crippen molar-refractivity contribution in [1.29, 1.82) is 0 Å². The monoisotopic (exact) mass is 729 g/mol. The van der Waals surface area contributed by atoms with Crippen molar-refractivity contribution >= 4 is 33.8 Å². The number of anilines is 1. The smallest absolute Gasteiger partial charge is 0.475 e. The van der Waals surface area contributed by atoms with Crippen molar-refractivity contribution in [3.05, 3.63) is 57.6 Å². The number of halogens is 3. The Morgan fingerprint density at radius 1 is 0.760 bits per heavy atom. The minimum absolute atomic E-state index is 0.0782. The summed E-state index contributed by atoms with van der Waals surface area (Å²) in [7, 11) is -4.50. The fraction of sp³-hybridized carbons (Fsp3) is 0.583. The number of benzene rings is 2. The van der Waals surface area contributed by atoms with Gasteiger partial charge in [-0.15, -0.1) is 0 Å². The Morgan fingerprint density at radius 2 is 1.20 bits per heavy atom. The molecule has 0 bridgehead atoms. The molecule has 0 radical (unpaired) electrons. The van der Waals surface area contributed by atoms with Crippen LogP contribution in [0, 0.1) is 0 Å². The third kappa shape index (κ3) is 13.9. The fourth-order valence-electron chi connectivity index (χ4n) is 5.13. The first-order valence-electron chi connectivity index (χ1n) is 16.8. The largest absolute Gasteiger partial charge is 0.490 e. The lowest BCUT2D eigenvalue weighted by atomic mass is 9.83. The van der Waals surface area contributed by atoms with Crippen LogP contribution in [0.5, 0.6) is 5.75 Å². The van der Waals surface area contributed by atoms with Gasteiger partial charge in [0, 0.05) is 23.2 Å². The highest BCUT2D eigenvalue weighted by Gasteiger charge is 2.38. The minimum Gasteiger partial charge on any atom is -0.475 e. The van der Waals surface area contributed by atoms with E-state index in [-0.39, 0.29) is 41.7 Å². The number of hydrogen-bond acceptors (Lipinski definition) is 7. The van der Waals surface area contributed by atoms with E-state index in [1.54, 1.807) is 12.1 Å². The van der Waals surface area contributed by atoms with Crippen molar-refractivity contribution in [1.82, 2.24) is 4.72 Å². The number of amides is 2. The normalized spacial score (nSPS) is 12.0. The van der Waals surface area contributed by atoms with E-state index >= 15 is 0 Å². The van der Waals surface area contributed by atoms with Crippen molar-refractivity contribution < 1.29 is 45.3 Å². The zero-order chi connectivity index (χ0) is 38.7. The molecule has 0 fully saturated rings. The van der Waals surface area contributed by atoms with Crippen LogP contribution >= 0.6 is 0 Å². The highest BCUT2D eigenvalue weighted by Crippen LogP contribution is 2.38. The van der Waals surface area contributed by atoms with Crippen LogP contribution in [0.4, 0.5) is 18.9 Å². The van der Waals surface area contributed by atoms with Gasteiger partial charge in [-0.3, -0.25) is 9.59 Å². The Bertz CT molecular complexity index is 1530. The molecule has 2 aromatic carbocycles. The molecule has 2 aromatic rings. The second kappa shape index (κ2) is 19.1. The van der Waals surface area contributed by atoms with Crippen LogP contribution < -0.4 is 20.0 Å². The van der Waals surface area contributed by atoms with Crippen LogP contribution in [0.1, 0.15) is 151 Å². The number of carboxylic acids is 1. The van der Waals surface area contributed by atoms with E-state index in [1.807, 2.05) is 27.7 Å². The summed E-state index contributed by atoms with van der Waals surface area (Å²) in [5.74, 6) is -2.95. The number of carbonyl (C=O) groups excluding carboxylic acids is 2. The lowest BCUT2D eigenvalue weighted by Crippen LogP contribution is -2.36. The average molecular weight is 730 g/mol. The van der Waals surface area contributed by atoms with Gasteiger partial charge in [0.05, 0.1) is 6.42 Å². The first-order chi connectivity index (χ1) is 22.9. The van der Waals surface area contributed by atoms with E-state index in [4.69, 9.17) is 19.8 Å². The predicted octanol–water partition coefficient (Wildman–Crippen LogP) is 7.99. The molecule has 0 spiro atoms. The number of rotatable bonds is 15. The van der Waals surface area contributed by atoms with Crippen LogP contribution in [0.25, 0.3) is 0 Å². The molecule has 0 aromatic heterocycles. The Balaban J connectivity index is 0.00000161. The van der Waals surface area contributed by atoms with Crippen molar-refractivity contribution in [2.24, 2.45) is 5.73 Å². The summed E-state index contributed by atoms with van der Waals surface area (Å²) < 4.78 is 66.2. The topological polar surface area (TPSA) is 165 Å². The predicted molar refractivity (Wildman–Crippen MR) is 190 cm³/mol. The van der Waals surface area contributed by atoms with Crippen LogP contribution in [-0.2, 0) is 31.1 Å². The molecule has 10 nitrogen and oxygen atoms in total. The molecule has 0 aliphatic rings. The van der Waals surface area contributed by atoms with Crippen LogP contribution in [0.15, 0.2) is 24.3 Å². The lowest BCUT2D eigenvalue weighted by molar-refractivity contribution is -0.192. The average Bonchev–Trinajstić information content (AvgIpc) is 2.96. The van der Waals surface area contributed by atoms with Crippen LogP contribution in [0.3, 0.4) is 0 Å².